The highest BCUT2D eigenvalue weighted by Crippen LogP contribution is 2.16. The number of rotatable bonds is 3. The summed E-state index contributed by atoms with van der Waals surface area (Å²) in [4.78, 5) is 0. The number of amidine groups is 1. The molecule has 0 aliphatic heterocycles. The largest absolute Gasteiger partial charge is 0.379 e. The van der Waals surface area contributed by atoms with Gasteiger partial charge in [-0.1, -0.05) is 36.0 Å². The van der Waals surface area contributed by atoms with E-state index in [0.29, 0.717) is 12.2 Å². The topological polar surface area (TPSA) is 73.7 Å². The Morgan fingerprint density at radius 2 is 2.00 bits per heavy atom. The van der Waals surface area contributed by atoms with Gasteiger partial charge < -0.3 is 5.73 Å². The van der Waals surface area contributed by atoms with Crippen molar-refractivity contribution in [2.24, 2.45) is 5.73 Å². The molecule has 1 rings (SSSR count). The van der Waals surface area contributed by atoms with E-state index in [4.69, 9.17) is 16.4 Å². The van der Waals surface area contributed by atoms with Crippen LogP contribution in [0.5, 0.6) is 0 Å². The SMILES string of the molecule is Cl.N#CCc1ccccc1CSC(=N)N. The van der Waals surface area contributed by atoms with E-state index in [-0.39, 0.29) is 17.6 Å². The van der Waals surface area contributed by atoms with E-state index in [1.165, 1.54) is 11.8 Å². The van der Waals surface area contributed by atoms with Gasteiger partial charge in [0.05, 0.1) is 12.5 Å². The van der Waals surface area contributed by atoms with Gasteiger partial charge in [0.25, 0.3) is 0 Å². The number of benzene rings is 1. The first-order chi connectivity index (χ1) is 6.74. The van der Waals surface area contributed by atoms with E-state index in [1.807, 2.05) is 24.3 Å². The lowest BCUT2D eigenvalue weighted by molar-refractivity contribution is 1.20. The predicted octanol–water partition coefficient (Wildman–Crippen LogP) is 2.30. The fraction of sp³-hybridized carbons (Fsp3) is 0.200. The summed E-state index contributed by atoms with van der Waals surface area (Å²) in [7, 11) is 0. The first-order valence-electron chi connectivity index (χ1n) is 4.14. The Hall–Kier alpha value is -1.18. The smallest absolute Gasteiger partial charge is 0.151 e. The third kappa shape index (κ3) is 4.73. The second-order valence-corrected chi connectivity index (χ2v) is 3.77. The first kappa shape index (κ1) is 13.8. The van der Waals surface area contributed by atoms with Gasteiger partial charge in [0.1, 0.15) is 0 Å². The molecular formula is C10H12ClN3S. The zero-order valence-electron chi connectivity index (χ0n) is 8.06. The number of nitrogens with one attached hydrogen (secondary N) is 1. The maximum Gasteiger partial charge on any atom is 0.151 e. The zero-order chi connectivity index (χ0) is 10.4. The van der Waals surface area contributed by atoms with Crippen LogP contribution in [0.2, 0.25) is 0 Å². The molecule has 80 valence electrons. The number of hydrogen-bond donors (Lipinski definition) is 2. The minimum atomic E-state index is 0. The lowest BCUT2D eigenvalue weighted by Gasteiger charge is -2.04. The number of nitriles is 1. The molecule has 1 aromatic rings. The molecule has 0 aliphatic carbocycles. The molecule has 0 atom stereocenters. The average molecular weight is 242 g/mol. The number of hydrogen-bond acceptors (Lipinski definition) is 3. The van der Waals surface area contributed by atoms with Crippen LogP contribution in [-0.4, -0.2) is 5.17 Å². The van der Waals surface area contributed by atoms with Crippen LogP contribution < -0.4 is 5.73 Å². The van der Waals surface area contributed by atoms with Crippen molar-refractivity contribution in [2.45, 2.75) is 12.2 Å². The molecule has 0 fully saturated rings. The van der Waals surface area contributed by atoms with Gasteiger partial charge >= 0.3 is 0 Å². The lowest BCUT2D eigenvalue weighted by Crippen LogP contribution is -2.04. The van der Waals surface area contributed by atoms with Gasteiger partial charge in [-0.05, 0) is 11.1 Å². The van der Waals surface area contributed by atoms with Crippen molar-refractivity contribution in [1.82, 2.24) is 0 Å². The molecule has 3 nitrogen and oxygen atoms in total. The Morgan fingerprint density at radius 3 is 2.53 bits per heavy atom. The van der Waals surface area contributed by atoms with Crippen molar-refractivity contribution in [3.8, 4) is 6.07 Å². The summed E-state index contributed by atoms with van der Waals surface area (Å²) in [5, 5.41) is 15.8. The van der Waals surface area contributed by atoms with Gasteiger partial charge in [0.2, 0.25) is 0 Å². The highest BCUT2D eigenvalue weighted by Gasteiger charge is 2.01. The third-order valence-corrected chi connectivity index (χ3v) is 2.54. The highest BCUT2D eigenvalue weighted by atomic mass is 35.5. The summed E-state index contributed by atoms with van der Waals surface area (Å²) < 4.78 is 0. The number of halogens is 1. The van der Waals surface area contributed by atoms with Gasteiger partial charge in [0.15, 0.2) is 5.17 Å². The standard InChI is InChI=1S/C10H11N3S.ClH/c11-6-5-8-3-1-2-4-9(8)7-14-10(12)13;/h1-4H,5,7H2,(H3,12,13);1H. The van der Waals surface area contributed by atoms with Crippen molar-refractivity contribution >= 4 is 29.3 Å². The summed E-state index contributed by atoms with van der Waals surface area (Å²) >= 11 is 1.28. The van der Waals surface area contributed by atoms with E-state index in [2.05, 4.69) is 6.07 Å². The highest BCUT2D eigenvalue weighted by molar-refractivity contribution is 8.13. The number of thioether (sulfide) groups is 1. The van der Waals surface area contributed by atoms with Gasteiger partial charge in [-0.3, -0.25) is 5.41 Å². The molecule has 0 heterocycles. The van der Waals surface area contributed by atoms with E-state index < -0.39 is 0 Å². The molecule has 0 amide bonds. The van der Waals surface area contributed by atoms with Crippen LogP contribution in [0.1, 0.15) is 11.1 Å². The molecule has 3 N–H and O–H groups in total. The number of nitrogens with two attached hydrogens (primary N) is 1. The maximum atomic E-state index is 8.60. The summed E-state index contributed by atoms with van der Waals surface area (Å²) in [5.41, 5.74) is 7.34. The van der Waals surface area contributed by atoms with E-state index >= 15 is 0 Å². The molecule has 1 aromatic carbocycles. The van der Waals surface area contributed by atoms with Crippen molar-refractivity contribution in [1.29, 1.82) is 10.7 Å². The van der Waals surface area contributed by atoms with Gasteiger partial charge in [-0.25, -0.2) is 0 Å². The summed E-state index contributed by atoms with van der Waals surface area (Å²) in [6, 6.07) is 9.85. The van der Waals surface area contributed by atoms with Crippen LogP contribution in [0.15, 0.2) is 24.3 Å². The van der Waals surface area contributed by atoms with Crippen molar-refractivity contribution in [3.63, 3.8) is 0 Å². The van der Waals surface area contributed by atoms with Crippen LogP contribution in [0, 0.1) is 16.7 Å². The Balaban J connectivity index is 0.00000196. The third-order valence-electron chi connectivity index (χ3n) is 1.77. The molecule has 0 bridgehead atoms. The van der Waals surface area contributed by atoms with Crippen LogP contribution in [0.4, 0.5) is 0 Å². The summed E-state index contributed by atoms with van der Waals surface area (Å²) in [6.45, 7) is 0. The van der Waals surface area contributed by atoms with Crippen molar-refractivity contribution in [2.75, 3.05) is 0 Å². The van der Waals surface area contributed by atoms with E-state index in [0.717, 1.165) is 11.1 Å². The molecule has 0 unspecified atom stereocenters. The normalized spacial score (nSPS) is 8.73. The lowest BCUT2D eigenvalue weighted by atomic mass is 10.1. The van der Waals surface area contributed by atoms with E-state index in [1.54, 1.807) is 0 Å². The Labute approximate surface area is 99.6 Å². The van der Waals surface area contributed by atoms with Crippen LogP contribution in [-0.2, 0) is 12.2 Å². The molecule has 5 heteroatoms. The van der Waals surface area contributed by atoms with Crippen molar-refractivity contribution in [3.05, 3.63) is 35.4 Å². The molecule has 0 aromatic heterocycles. The van der Waals surface area contributed by atoms with E-state index in [9.17, 15) is 0 Å². The second kappa shape index (κ2) is 7.16. The van der Waals surface area contributed by atoms with Crippen LogP contribution >= 0.6 is 24.2 Å². The summed E-state index contributed by atoms with van der Waals surface area (Å²) in [6.07, 6.45) is 0.411. The average Bonchev–Trinajstić information content (AvgIpc) is 2.17. The molecule has 0 aliphatic rings. The monoisotopic (exact) mass is 241 g/mol. The first-order valence-corrected chi connectivity index (χ1v) is 5.13. The summed E-state index contributed by atoms with van der Waals surface area (Å²) in [5.74, 6) is 0.660. The van der Waals surface area contributed by atoms with Crippen LogP contribution in [0.3, 0.4) is 0 Å². The fourth-order valence-electron chi connectivity index (χ4n) is 1.11. The molecule has 0 spiro atoms. The van der Waals surface area contributed by atoms with Crippen LogP contribution in [0.25, 0.3) is 0 Å². The second-order valence-electron chi connectivity index (χ2n) is 2.76. The minimum absolute atomic E-state index is 0. The Kier molecular flexibility index (Phi) is 6.59. The van der Waals surface area contributed by atoms with Gasteiger partial charge in [-0.2, -0.15) is 5.26 Å². The maximum absolute atomic E-state index is 8.60. The van der Waals surface area contributed by atoms with Gasteiger partial charge in [0, 0.05) is 5.75 Å². The quantitative estimate of drug-likeness (QED) is 0.630. The number of nitrogens with zero attached hydrogens (tertiary/aromatic N) is 1. The molecular weight excluding hydrogens is 230 g/mol. The molecule has 0 radical (unpaired) electrons. The van der Waals surface area contributed by atoms with Gasteiger partial charge in [-0.15, -0.1) is 12.4 Å². The zero-order valence-corrected chi connectivity index (χ0v) is 9.70. The predicted molar refractivity (Wildman–Crippen MR) is 66.2 cm³/mol. The molecule has 0 saturated heterocycles. The van der Waals surface area contributed by atoms with Crippen molar-refractivity contribution < 1.29 is 0 Å². The molecule has 15 heavy (non-hydrogen) atoms. The fourth-order valence-corrected chi connectivity index (χ4v) is 1.70. The Morgan fingerprint density at radius 1 is 1.40 bits per heavy atom. The molecule has 0 saturated carbocycles. The minimum Gasteiger partial charge on any atom is -0.379 e. The Bertz CT molecular complexity index is 373.